The highest BCUT2D eigenvalue weighted by Crippen LogP contribution is 2.27. The van der Waals surface area contributed by atoms with E-state index in [0.29, 0.717) is 6.04 Å². The number of carbonyl (C=O) groups is 1. The Kier molecular flexibility index (Phi) is 5.68. The molecular weight excluding hydrogens is 252 g/mol. The molecule has 0 bridgehead atoms. The van der Waals surface area contributed by atoms with E-state index in [-0.39, 0.29) is 12.5 Å². The second-order valence-electron chi connectivity index (χ2n) is 6.26. The van der Waals surface area contributed by atoms with Crippen molar-refractivity contribution in [3.63, 3.8) is 0 Å². The van der Waals surface area contributed by atoms with E-state index >= 15 is 0 Å². The highest BCUT2D eigenvalue weighted by atomic mass is 16.2. The minimum atomic E-state index is 0.0427. The van der Waals surface area contributed by atoms with Crippen molar-refractivity contribution in [1.82, 2.24) is 15.5 Å². The molecule has 0 spiro atoms. The quantitative estimate of drug-likeness (QED) is 0.590. The summed E-state index contributed by atoms with van der Waals surface area (Å²) < 4.78 is 0. The lowest BCUT2D eigenvalue weighted by molar-refractivity contribution is -0.127. The molecule has 5 heteroatoms. The van der Waals surface area contributed by atoms with Crippen LogP contribution in [-0.2, 0) is 4.79 Å². The fourth-order valence-electron chi connectivity index (χ4n) is 2.44. The Morgan fingerprint density at radius 3 is 2.45 bits per heavy atom. The number of carbonyl (C=O) groups excluding carboxylic acids is 1. The van der Waals surface area contributed by atoms with E-state index in [9.17, 15) is 4.79 Å². The lowest BCUT2D eigenvalue weighted by Gasteiger charge is -2.25. The molecular formula is C15H28N4O. The van der Waals surface area contributed by atoms with Gasteiger partial charge in [0.1, 0.15) is 6.54 Å². The number of rotatable bonds is 5. The maximum atomic E-state index is 11.7. The smallest absolute Gasteiger partial charge is 0.243 e. The van der Waals surface area contributed by atoms with Gasteiger partial charge in [-0.2, -0.15) is 0 Å². The molecule has 114 valence electrons. The molecule has 5 nitrogen and oxygen atoms in total. The van der Waals surface area contributed by atoms with Crippen LogP contribution in [0.5, 0.6) is 0 Å². The van der Waals surface area contributed by atoms with Gasteiger partial charge in [-0.1, -0.05) is 19.3 Å². The van der Waals surface area contributed by atoms with Gasteiger partial charge in [0.2, 0.25) is 5.91 Å². The van der Waals surface area contributed by atoms with E-state index < -0.39 is 0 Å². The van der Waals surface area contributed by atoms with Crippen molar-refractivity contribution in [3.05, 3.63) is 0 Å². The van der Waals surface area contributed by atoms with E-state index in [1.165, 1.54) is 44.9 Å². The topological polar surface area (TPSA) is 56.7 Å². The number of aliphatic imine (C=N–C) groups is 1. The van der Waals surface area contributed by atoms with Crippen LogP contribution < -0.4 is 10.6 Å². The van der Waals surface area contributed by atoms with Gasteiger partial charge >= 0.3 is 0 Å². The molecule has 20 heavy (non-hydrogen) atoms. The van der Waals surface area contributed by atoms with Crippen LogP contribution in [-0.4, -0.2) is 50.0 Å². The molecule has 2 saturated carbocycles. The third kappa shape index (κ3) is 5.39. The summed E-state index contributed by atoms with van der Waals surface area (Å²) in [6.07, 6.45) is 9.01. The van der Waals surface area contributed by atoms with Crippen molar-refractivity contribution < 1.29 is 4.79 Å². The van der Waals surface area contributed by atoms with Crippen LogP contribution in [0.2, 0.25) is 0 Å². The average Bonchev–Trinajstić information content (AvgIpc) is 3.26. The second kappa shape index (κ2) is 7.50. The zero-order chi connectivity index (χ0) is 14.4. The van der Waals surface area contributed by atoms with Gasteiger partial charge in [0.05, 0.1) is 0 Å². The number of hydrogen-bond donors (Lipinski definition) is 2. The normalized spacial score (nSPS) is 20.6. The lowest BCUT2D eigenvalue weighted by Crippen LogP contribution is -2.45. The molecule has 0 aromatic heterocycles. The van der Waals surface area contributed by atoms with Gasteiger partial charge in [-0.05, 0) is 31.6 Å². The Bertz CT molecular complexity index is 344. The van der Waals surface area contributed by atoms with Gasteiger partial charge in [-0.15, -0.1) is 0 Å². The van der Waals surface area contributed by atoms with Crippen molar-refractivity contribution in [2.75, 3.05) is 27.2 Å². The molecule has 2 rings (SSSR count). The first-order chi connectivity index (χ1) is 9.65. The Hall–Kier alpha value is -1.26. The predicted octanol–water partition coefficient (Wildman–Crippen LogP) is 1.35. The van der Waals surface area contributed by atoms with Crippen LogP contribution in [0.15, 0.2) is 4.99 Å². The zero-order valence-electron chi connectivity index (χ0n) is 12.8. The molecule has 0 saturated heterocycles. The van der Waals surface area contributed by atoms with E-state index in [0.717, 1.165) is 18.4 Å². The maximum absolute atomic E-state index is 11.7. The molecule has 2 N–H and O–H groups in total. The molecule has 2 fully saturated rings. The van der Waals surface area contributed by atoms with E-state index in [4.69, 9.17) is 0 Å². The van der Waals surface area contributed by atoms with Crippen molar-refractivity contribution in [2.24, 2.45) is 10.9 Å². The summed E-state index contributed by atoms with van der Waals surface area (Å²) in [4.78, 5) is 17.7. The Labute approximate surface area is 122 Å². The molecule has 0 aromatic rings. The molecule has 2 aliphatic rings. The van der Waals surface area contributed by atoms with Gasteiger partial charge in [0.25, 0.3) is 0 Å². The fraction of sp³-hybridized carbons (Fsp3) is 0.867. The predicted molar refractivity (Wildman–Crippen MR) is 81.7 cm³/mol. The number of hydrogen-bond acceptors (Lipinski definition) is 2. The van der Waals surface area contributed by atoms with Crippen LogP contribution in [0.4, 0.5) is 0 Å². The maximum Gasteiger partial charge on any atom is 0.243 e. The third-order valence-corrected chi connectivity index (χ3v) is 4.07. The second-order valence-corrected chi connectivity index (χ2v) is 6.26. The SMILES string of the molecule is CN(C)C(=O)CN=C(NCC1CC1)NC1CCCCC1. The molecule has 0 aliphatic heterocycles. The number of amides is 1. The number of nitrogens with one attached hydrogen (secondary N) is 2. The summed E-state index contributed by atoms with van der Waals surface area (Å²) in [5.41, 5.74) is 0. The molecule has 0 atom stereocenters. The number of likely N-dealkylation sites (N-methyl/N-ethyl adjacent to an activating group) is 1. The summed E-state index contributed by atoms with van der Waals surface area (Å²) in [5, 5.41) is 6.89. The summed E-state index contributed by atoms with van der Waals surface area (Å²) in [6.45, 7) is 1.20. The van der Waals surface area contributed by atoms with Crippen LogP contribution in [0.1, 0.15) is 44.9 Å². The molecule has 2 aliphatic carbocycles. The van der Waals surface area contributed by atoms with Crippen molar-refractivity contribution in [3.8, 4) is 0 Å². The average molecular weight is 280 g/mol. The number of nitrogens with zero attached hydrogens (tertiary/aromatic N) is 2. The van der Waals surface area contributed by atoms with Gasteiger partial charge < -0.3 is 15.5 Å². The lowest BCUT2D eigenvalue weighted by atomic mass is 9.96. The molecule has 0 unspecified atom stereocenters. The van der Waals surface area contributed by atoms with Crippen LogP contribution in [0, 0.1) is 5.92 Å². The van der Waals surface area contributed by atoms with E-state index in [2.05, 4.69) is 15.6 Å². The first-order valence-corrected chi connectivity index (χ1v) is 7.90. The van der Waals surface area contributed by atoms with Crippen molar-refractivity contribution in [1.29, 1.82) is 0 Å². The zero-order valence-corrected chi connectivity index (χ0v) is 12.8. The summed E-state index contributed by atoms with van der Waals surface area (Å²) in [7, 11) is 3.54. The monoisotopic (exact) mass is 280 g/mol. The highest BCUT2D eigenvalue weighted by Gasteiger charge is 2.22. The van der Waals surface area contributed by atoms with E-state index in [1.807, 2.05) is 0 Å². The Morgan fingerprint density at radius 2 is 1.85 bits per heavy atom. The molecule has 1 amide bonds. The van der Waals surface area contributed by atoms with Gasteiger partial charge in [0.15, 0.2) is 5.96 Å². The Balaban J connectivity index is 1.84. The van der Waals surface area contributed by atoms with Crippen LogP contribution in [0.3, 0.4) is 0 Å². The third-order valence-electron chi connectivity index (χ3n) is 4.07. The fourth-order valence-corrected chi connectivity index (χ4v) is 2.44. The molecule has 0 radical (unpaired) electrons. The van der Waals surface area contributed by atoms with Gasteiger partial charge in [0, 0.05) is 26.7 Å². The summed E-state index contributed by atoms with van der Waals surface area (Å²) in [5.74, 6) is 1.66. The minimum absolute atomic E-state index is 0.0427. The number of guanidine groups is 1. The van der Waals surface area contributed by atoms with E-state index in [1.54, 1.807) is 19.0 Å². The van der Waals surface area contributed by atoms with Gasteiger partial charge in [-0.25, -0.2) is 4.99 Å². The summed E-state index contributed by atoms with van der Waals surface area (Å²) >= 11 is 0. The molecule has 0 aromatic carbocycles. The summed E-state index contributed by atoms with van der Waals surface area (Å²) in [6, 6.07) is 0.517. The first-order valence-electron chi connectivity index (χ1n) is 7.90. The standard InChI is InChI=1S/C15H28N4O/c1-19(2)14(20)11-17-15(16-10-12-8-9-12)18-13-6-4-3-5-7-13/h12-13H,3-11H2,1-2H3,(H2,16,17,18). The largest absolute Gasteiger partial charge is 0.356 e. The minimum Gasteiger partial charge on any atom is -0.356 e. The first kappa shape index (κ1) is 15.1. The van der Waals surface area contributed by atoms with Crippen molar-refractivity contribution in [2.45, 2.75) is 51.0 Å². The molecule has 0 heterocycles. The van der Waals surface area contributed by atoms with Gasteiger partial charge in [-0.3, -0.25) is 4.79 Å². The van der Waals surface area contributed by atoms with Crippen molar-refractivity contribution >= 4 is 11.9 Å². The van der Waals surface area contributed by atoms with Crippen LogP contribution in [0.25, 0.3) is 0 Å². The highest BCUT2D eigenvalue weighted by molar-refractivity contribution is 5.84. The Morgan fingerprint density at radius 1 is 1.15 bits per heavy atom. The van der Waals surface area contributed by atoms with Crippen LogP contribution >= 0.6 is 0 Å².